The number of nitro groups is 1. The number of para-hydroxylation sites is 1. The topological polar surface area (TPSA) is 161 Å². The number of halogens is 1. The molecule has 13 heteroatoms. The van der Waals surface area contributed by atoms with Crippen molar-refractivity contribution in [3.63, 3.8) is 0 Å². The van der Waals surface area contributed by atoms with Gasteiger partial charge in [-0.15, -0.1) is 0 Å². The van der Waals surface area contributed by atoms with E-state index in [-0.39, 0.29) is 21.5 Å². The van der Waals surface area contributed by atoms with E-state index >= 15 is 0 Å². The molecule has 0 aliphatic heterocycles. The number of sulfone groups is 1. The standard InChI is InChI=1S/C14H12BrN5O6S/c1-2-27(25,26)14-16-7-9(15)11(17-14)13(22)19-18-12(21)8-5-3-4-6-10(8)20(23)24/h3-7H,2H2,1H3,(H,18,21)(H,19,22). The molecule has 0 unspecified atom stereocenters. The Morgan fingerprint density at radius 2 is 1.85 bits per heavy atom. The van der Waals surface area contributed by atoms with Crippen LogP contribution in [0, 0.1) is 10.1 Å². The highest BCUT2D eigenvalue weighted by molar-refractivity contribution is 9.10. The Bertz CT molecular complexity index is 1030. The first kappa shape index (κ1) is 20.4. The van der Waals surface area contributed by atoms with Gasteiger partial charge in [-0.1, -0.05) is 19.1 Å². The quantitative estimate of drug-likeness (QED) is 0.381. The third-order valence-electron chi connectivity index (χ3n) is 3.23. The monoisotopic (exact) mass is 457 g/mol. The molecule has 0 atom stereocenters. The zero-order valence-electron chi connectivity index (χ0n) is 13.7. The molecule has 1 heterocycles. The summed E-state index contributed by atoms with van der Waals surface area (Å²) < 4.78 is 23.8. The van der Waals surface area contributed by atoms with Gasteiger partial charge in [0.25, 0.3) is 17.5 Å². The molecular weight excluding hydrogens is 446 g/mol. The van der Waals surface area contributed by atoms with Gasteiger partial charge < -0.3 is 0 Å². The highest BCUT2D eigenvalue weighted by Gasteiger charge is 2.23. The van der Waals surface area contributed by atoms with Crippen LogP contribution in [0.4, 0.5) is 5.69 Å². The molecule has 0 radical (unpaired) electrons. The van der Waals surface area contributed by atoms with Gasteiger partial charge in [-0.2, -0.15) is 0 Å². The number of benzene rings is 1. The number of rotatable bonds is 5. The third-order valence-corrected chi connectivity index (χ3v) is 5.32. The summed E-state index contributed by atoms with van der Waals surface area (Å²) in [6, 6.07) is 5.17. The van der Waals surface area contributed by atoms with Gasteiger partial charge >= 0.3 is 0 Å². The van der Waals surface area contributed by atoms with Crippen molar-refractivity contribution < 1.29 is 22.9 Å². The van der Waals surface area contributed by atoms with E-state index in [0.29, 0.717) is 0 Å². The van der Waals surface area contributed by atoms with E-state index in [1.54, 1.807) is 0 Å². The van der Waals surface area contributed by atoms with Crippen LogP contribution in [0.3, 0.4) is 0 Å². The van der Waals surface area contributed by atoms with Crippen molar-refractivity contribution in [3.05, 3.63) is 56.3 Å². The number of carbonyl (C=O) groups is 2. The number of nitrogens with zero attached hydrogens (tertiary/aromatic N) is 3. The molecule has 2 N–H and O–H groups in total. The van der Waals surface area contributed by atoms with Crippen molar-refractivity contribution in [3.8, 4) is 0 Å². The molecule has 0 aliphatic rings. The van der Waals surface area contributed by atoms with Crippen LogP contribution in [0.2, 0.25) is 0 Å². The number of hydrazine groups is 1. The molecule has 0 saturated carbocycles. The number of nitro benzene ring substituents is 1. The van der Waals surface area contributed by atoms with Gasteiger partial charge in [0.15, 0.2) is 0 Å². The van der Waals surface area contributed by atoms with E-state index in [2.05, 4.69) is 25.9 Å². The Morgan fingerprint density at radius 3 is 2.48 bits per heavy atom. The largest absolute Gasteiger partial charge is 0.289 e. The Kier molecular flexibility index (Phi) is 6.17. The fourth-order valence-electron chi connectivity index (χ4n) is 1.85. The number of carbonyl (C=O) groups excluding carboxylic acids is 2. The molecular formula is C14H12BrN5O6S. The maximum atomic E-state index is 12.2. The highest BCUT2D eigenvalue weighted by Crippen LogP contribution is 2.18. The van der Waals surface area contributed by atoms with Gasteiger partial charge in [-0.3, -0.25) is 30.6 Å². The number of hydrogen-bond acceptors (Lipinski definition) is 8. The average Bonchev–Trinajstić information content (AvgIpc) is 2.65. The van der Waals surface area contributed by atoms with Crippen molar-refractivity contribution in [2.45, 2.75) is 12.1 Å². The molecule has 2 aromatic rings. The van der Waals surface area contributed by atoms with Crippen LogP contribution in [-0.4, -0.2) is 40.9 Å². The van der Waals surface area contributed by atoms with Crippen LogP contribution in [0.15, 0.2) is 40.1 Å². The Morgan fingerprint density at radius 1 is 1.22 bits per heavy atom. The Hall–Kier alpha value is -2.93. The Balaban J connectivity index is 2.21. The SMILES string of the molecule is CCS(=O)(=O)c1ncc(Br)c(C(=O)NNC(=O)c2ccccc2[N+](=O)[O-])n1. The second-order valence-corrected chi connectivity index (χ2v) is 7.96. The lowest BCUT2D eigenvalue weighted by atomic mass is 10.2. The van der Waals surface area contributed by atoms with Crippen LogP contribution in [0.5, 0.6) is 0 Å². The summed E-state index contributed by atoms with van der Waals surface area (Å²) in [5.74, 6) is -2.13. The van der Waals surface area contributed by atoms with E-state index in [4.69, 9.17) is 0 Å². The number of amides is 2. The molecule has 142 valence electrons. The van der Waals surface area contributed by atoms with Gasteiger partial charge in [0.05, 0.1) is 15.1 Å². The minimum atomic E-state index is -3.75. The lowest BCUT2D eigenvalue weighted by Crippen LogP contribution is -2.42. The minimum absolute atomic E-state index is 0.0926. The summed E-state index contributed by atoms with van der Waals surface area (Å²) >= 11 is 3.02. The van der Waals surface area contributed by atoms with Crippen LogP contribution in [-0.2, 0) is 9.84 Å². The molecule has 11 nitrogen and oxygen atoms in total. The van der Waals surface area contributed by atoms with Crippen molar-refractivity contribution in [2.24, 2.45) is 0 Å². The molecule has 0 aliphatic carbocycles. The second kappa shape index (κ2) is 8.18. The van der Waals surface area contributed by atoms with Gasteiger partial charge in [0.1, 0.15) is 11.3 Å². The minimum Gasteiger partial charge on any atom is -0.267 e. The van der Waals surface area contributed by atoms with Gasteiger partial charge in [0.2, 0.25) is 15.0 Å². The molecule has 2 amide bonds. The van der Waals surface area contributed by atoms with E-state index in [1.807, 2.05) is 10.9 Å². The van der Waals surface area contributed by atoms with E-state index < -0.39 is 37.4 Å². The zero-order valence-corrected chi connectivity index (χ0v) is 16.1. The zero-order chi connectivity index (χ0) is 20.2. The molecule has 27 heavy (non-hydrogen) atoms. The summed E-state index contributed by atoms with van der Waals surface area (Å²) in [4.78, 5) is 41.9. The van der Waals surface area contributed by atoms with Gasteiger partial charge in [0, 0.05) is 12.3 Å². The lowest BCUT2D eigenvalue weighted by Gasteiger charge is -2.09. The summed E-state index contributed by atoms with van der Waals surface area (Å²) in [7, 11) is -3.75. The smallest absolute Gasteiger partial charge is 0.267 e. The van der Waals surface area contributed by atoms with E-state index in [1.165, 1.54) is 25.1 Å². The van der Waals surface area contributed by atoms with E-state index in [0.717, 1.165) is 12.3 Å². The lowest BCUT2D eigenvalue weighted by molar-refractivity contribution is -0.385. The van der Waals surface area contributed by atoms with Gasteiger partial charge in [-0.05, 0) is 22.0 Å². The van der Waals surface area contributed by atoms with Crippen molar-refractivity contribution in [1.82, 2.24) is 20.8 Å². The average molecular weight is 458 g/mol. The van der Waals surface area contributed by atoms with Crippen molar-refractivity contribution in [1.29, 1.82) is 0 Å². The maximum absolute atomic E-state index is 12.2. The van der Waals surface area contributed by atoms with E-state index in [9.17, 15) is 28.1 Å². The second-order valence-electron chi connectivity index (χ2n) is 4.94. The number of hydrogen-bond donors (Lipinski definition) is 2. The Labute approximate surface area is 161 Å². The van der Waals surface area contributed by atoms with Crippen LogP contribution in [0.25, 0.3) is 0 Å². The predicted molar refractivity (Wildman–Crippen MR) is 95.5 cm³/mol. The first-order valence-electron chi connectivity index (χ1n) is 7.26. The normalized spacial score (nSPS) is 10.9. The maximum Gasteiger partial charge on any atom is 0.289 e. The molecule has 0 fully saturated rings. The fraction of sp³-hybridized carbons (Fsp3) is 0.143. The number of nitrogens with one attached hydrogen (secondary N) is 2. The molecule has 0 saturated heterocycles. The summed E-state index contributed by atoms with van der Waals surface area (Å²) in [6.45, 7) is 1.40. The number of aromatic nitrogens is 2. The molecule has 0 bridgehead atoms. The fourth-order valence-corrected chi connectivity index (χ4v) is 2.93. The third kappa shape index (κ3) is 4.62. The van der Waals surface area contributed by atoms with Crippen LogP contribution < -0.4 is 10.9 Å². The van der Waals surface area contributed by atoms with Crippen molar-refractivity contribution in [2.75, 3.05) is 5.75 Å². The van der Waals surface area contributed by atoms with Crippen molar-refractivity contribution >= 4 is 43.3 Å². The van der Waals surface area contributed by atoms with Gasteiger partial charge in [-0.25, -0.2) is 18.4 Å². The van der Waals surface area contributed by atoms with Crippen LogP contribution in [0.1, 0.15) is 27.8 Å². The first-order valence-corrected chi connectivity index (χ1v) is 9.71. The van der Waals surface area contributed by atoms with Crippen LogP contribution >= 0.6 is 15.9 Å². The molecule has 0 spiro atoms. The molecule has 2 rings (SSSR count). The summed E-state index contributed by atoms with van der Waals surface area (Å²) in [6.07, 6.45) is 1.09. The highest BCUT2D eigenvalue weighted by atomic mass is 79.9. The molecule has 1 aromatic carbocycles. The summed E-state index contributed by atoms with van der Waals surface area (Å²) in [5.41, 5.74) is 3.00. The molecule has 1 aromatic heterocycles. The summed E-state index contributed by atoms with van der Waals surface area (Å²) in [5, 5.41) is 10.4. The predicted octanol–water partition coefficient (Wildman–Crippen LogP) is 1.02. The first-order chi connectivity index (χ1) is 12.7.